The van der Waals surface area contributed by atoms with E-state index in [4.69, 9.17) is 11.5 Å². The third-order valence-corrected chi connectivity index (χ3v) is 2.28. The van der Waals surface area contributed by atoms with Crippen LogP contribution in [-0.2, 0) is 14.4 Å². The van der Waals surface area contributed by atoms with Crippen molar-refractivity contribution in [2.75, 3.05) is 6.54 Å². The third-order valence-electron chi connectivity index (χ3n) is 2.28. The predicted octanol–water partition coefficient (Wildman–Crippen LogP) is -1.47. The number of nitrogens with zero attached hydrogens (tertiary/aromatic N) is 2. The molecule has 1 aliphatic rings. The van der Waals surface area contributed by atoms with E-state index >= 15 is 0 Å². The molecular weight excluding hydrogens is 224 g/mol. The largest absolute Gasteiger partial charge is 0.370 e. The van der Waals surface area contributed by atoms with Crippen molar-refractivity contribution in [3.05, 3.63) is 12.2 Å². The van der Waals surface area contributed by atoms with Crippen molar-refractivity contribution in [3.8, 4) is 0 Å². The highest BCUT2D eigenvalue weighted by Crippen LogP contribution is 2.12. The lowest BCUT2D eigenvalue weighted by Gasteiger charge is -2.20. The van der Waals surface area contributed by atoms with Crippen LogP contribution in [0.15, 0.2) is 17.1 Å². The van der Waals surface area contributed by atoms with Gasteiger partial charge in [0.25, 0.3) is 11.8 Å². The minimum absolute atomic E-state index is 0.0253. The minimum atomic E-state index is -0.751. The first-order valence-electron chi connectivity index (χ1n) is 5.12. The van der Waals surface area contributed by atoms with Gasteiger partial charge in [0.05, 0.1) is 6.04 Å². The minimum Gasteiger partial charge on any atom is -0.370 e. The summed E-state index contributed by atoms with van der Waals surface area (Å²) in [6, 6.07) is -0.751. The Labute approximate surface area is 98.1 Å². The maximum absolute atomic E-state index is 11.3. The molecule has 0 saturated heterocycles. The Morgan fingerprint density at radius 1 is 1.35 bits per heavy atom. The summed E-state index contributed by atoms with van der Waals surface area (Å²) < 4.78 is 0. The first-order valence-corrected chi connectivity index (χ1v) is 5.12. The maximum Gasteiger partial charge on any atom is 0.254 e. The maximum atomic E-state index is 11.3. The van der Waals surface area contributed by atoms with E-state index in [9.17, 15) is 14.4 Å². The topological polar surface area (TPSA) is 119 Å². The predicted molar refractivity (Wildman–Crippen MR) is 60.8 cm³/mol. The van der Waals surface area contributed by atoms with Crippen molar-refractivity contribution in [3.63, 3.8) is 0 Å². The third kappa shape index (κ3) is 3.40. The fraction of sp³-hybridized carbons (Fsp3) is 0.400. The van der Waals surface area contributed by atoms with Gasteiger partial charge in [0.1, 0.15) is 6.29 Å². The molecule has 0 saturated carbocycles. The van der Waals surface area contributed by atoms with E-state index in [0.717, 1.165) is 17.1 Å². The molecule has 0 radical (unpaired) electrons. The van der Waals surface area contributed by atoms with Gasteiger partial charge in [0.15, 0.2) is 5.96 Å². The van der Waals surface area contributed by atoms with Crippen LogP contribution in [0.3, 0.4) is 0 Å². The van der Waals surface area contributed by atoms with E-state index in [0.29, 0.717) is 25.7 Å². The summed E-state index contributed by atoms with van der Waals surface area (Å²) in [5.74, 6) is -0.953. The standard InChI is InChI=1S/C10H14N4O3/c11-10(12)13-5-1-2-7(6-15)14-8(16)3-4-9(14)17/h3-4,6-7H,1-2,5H2,(H4,11,12,13)/t7-/m0/s1. The monoisotopic (exact) mass is 238 g/mol. The van der Waals surface area contributed by atoms with Crippen LogP contribution in [0.4, 0.5) is 0 Å². The van der Waals surface area contributed by atoms with Gasteiger partial charge < -0.3 is 16.3 Å². The van der Waals surface area contributed by atoms with Crippen molar-refractivity contribution in [2.24, 2.45) is 16.5 Å². The zero-order valence-corrected chi connectivity index (χ0v) is 9.20. The molecule has 0 aliphatic carbocycles. The van der Waals surface area contributed by atoms with Gasteiger partial charge in [-0.05, 0) is 12.8 Å². The van der Waals surface area contributed by atoms with Crippen molar-refractivity contribution < 1.29 is 14.4 Å². The van der Waals surface area contributed by atoms with E-state index in [1.165, 1.54) is 0 Å². The van der Waals surface area contributed by atoms with Crippen LogP contribution in [-0.4, -0.2) is 41.5 Å². The number of aliphatic imine (C=N–C) groups is 1. The molecular formula is C10H14N4O3. The fourth-order valence-electron chi connectivity index (χ4n) is 1.51. The van der Waals surface area contributed by atoms with Crippen LogP contribution in [0.2, 0.25) is 0 Å². The zero-order chi connectivity index (χ0) is 12.8. The van der Waals surface area contributed by atoms with E-state index in [1.807, 2.05) is 0 Å². The highest BCUT2D eigenvalue weighted by molar-refractivity contribution is 6.14. The second-order valence-corrected chi connectivity index (χ2v) is 3.53. The molecule has 4 N–H and O–H groups in total. The number of guanidine groups is 1. The molecule has 7 nitrogen and oxygen atoms in total. The van der Waals surface area contributed by atoms with Gasteiger partial charge in [-0.25, -0.2) is 0 Å². The number of imide groups is 1. The molecule has 1 atom stereocenters. The van der Waals surface area contributed by atoms with Crippen molar-refractivity contribution in [1.82, 2.24) is 4.90 Å². The number of hydrogen-bond acceptors (Lipinski definition) is 4. The van der Waals surface area contributed by atoms with Gasteiger partial charge in [0, 0.05) is 18.7 Å². The van der Waals surface area contributed by atoms with E-state index < -0.39 is 17.9 Å². The zero-order valence-electron chi connectivity index (χ0n) is 9.20. The van der Waals surface area contributed by atoms with Gasteiger partial charge in [-0.15, -0.1) is 0 Å². The van der Waals surface area contributed by atoms with Crippen LogP contribution in [0, 0.1) is 0 Å². The van der Waals surface area contributed by atoms with Crippen molar-refractivity contribution in [2.45, 2.75) is 18.9 Å². The van der Waals surface area contributed by atoms with Crippen LogP contribution >= 0.6 is 0 Å². The van der Waals surface area contributed by atoms with Crippen LogP contribution < -0.4 is 11.5 Å². The molecule has 0 aromatic carbocycles. The molecule has 0 aromatic rings. The van der Waals surface area contributed by atoms with Crippen LogP contribution in [0.5, 0.6) is 0 Å². The molecule has 0 bridgehead atoms. The molecule has 1 aliphatic heterocycles. The fourth-order valence-corrected chi connectivity index (χ4v) is 1.51. The molecule has 0 aromatic heterocycles. The number of amides is 2. The summed E-state index contributed by atoms with van der Waals surface area (Å²) in [6.07, 6.45) is 3.74. The Bertz CT molecular complexity index is 367. The molecule has 0 fully saturated rings. The Morgan fingerprint density at radius 3 is 2.41 bits per heavy atom. The molecule has 92 valence electrons. The Hall–Kier alpha value is -2.18. The van der Waals surface area contributed by atoms with E-state index in [2.05, 4.69) is 4.99 Å². The lowest BCUT2D eigenvalue weighted by Crippen LogP contribution is -2.41. The molecule has 1 rings (SSSR count). The van der Waals surface area contributed by atoms with Gasteiger partial charge in [-0.1, -0.05) is 0 Å². The molecule has 7 heteroatoms. The van der Waals surface area contributed by atoms with Gasteiger partial charge in [-0.2, -0.15) is 0 Å². The second-order valence-electron chi connectivity index (χ2n) is 3.53. The number of rotatable bonds is 6. The summed E-state index contributed by atoms with van der Waals surface area (Å²) >= 11 is 0. The summed E-state index contributed by atoms with van der Waals surface area (Å²) in [5.41, 5.74) is 10.3. The van der Waals surface area contributed by atoms with Crippen LogP contribution in [0.1, 0.15) is 12.8 Å². The smallest absolute Gasteiger partial charge is 0.254 e. The average molecular weight is 238 g/mol. The summed E-state index contributed by atoms with van der Waals surface area (Å²) in [6.45, 7) is 0.357. The van der Waals surface area contributed by atoms with Gasteiger partial charge in [0.2, 0.25) is 0 Å². The second kappa shape index (κ2) is 5.78. The molecule has 0 unspecified atom stereocenters. The number of carbonyl (C=O) groups is 3. The lowest BCUT2D eigenvalue weighted by atomic mass is 10.1. The Morgan fingerprint density at radius 2 is 1.94 bits per heavy atom. The highest BCUT2D eigenvalue weighted by atomic mass is 16.2. The SMILES string of the molecule is NC(N)=NCCC[C@@H](C=O)N1C(=O)C=CC1=O. The number of aldehydes is 1. The van der Waals surface area contributed by atoms with Gasteiger partial charge >= 0.3 is 0 Å². The lowest BCUT2D eigenvalue weighted by molar-refractivity contribution is -0.142. The molecule has 2 amide bonds. The first-order chi connectivity index (χ1) is 8.06. The van der Waals surface area contributed by atoms with Gasteiger partial charge in [-0.3, -0.25) is 19.5 Å². The molecule has 1 heterocycles. The van der Waals surface area contributed by atoms with Crippen molar-refractivity contribution in [1.29, 1.82) is 0 Å². The number of hydrogen-bond donors (Lipinski definition) is 2. The number of carbonyl (C=O) groups excluding carboxylic acids is 3. The summed E-state index contributed by atoms with van der Waals surface area (Å²) in [4.78, 5) is 38.2. The van der Waals surface area contributed by atoms with Crippen molar-refractivity contribution >= 4 is 24.1 Å². The van der Waals surface area contributed by atoms with E-state index in [1.54, 1.807) is 0 Å². The number of nitrogens with two attached hydrogens (primary N) is 2. The average Bonchev–Trinajstić information content (AvgIpc) is 2.60. The quantitative estimate of drug-likeness (QED) is 0.192. The summed E-state index contributed by atoms with van der Waals surface area (Å²) in [5, 5.41) is 0. The summed E-state index contributed by atoms with van der Waals surface area (Å²) in [7, 11) is 0. The normalized spacial score (nSPS) is 16.1. The van der Waals surface area contributed by atoms with Crippen LogP contribution in [0.25, 0.3) is 0 Å². The highest BCUT2D eigenvalue weighted by Gasteiger charge is 2.30. The Kier molecular flexibility index (Phi) is 4.38. The molecule has 0 spiro atoms. The Balaban J connectivity index is 2.49. The first kappa shape index (κ1) is 12.9. The molecule has 17 heavy (non-hydrogen) atoms. The van der Waals surface area contributed by atoms with E-state index in [-0.39, 0.29) is 5.96 Å².